The highest BCUT2D eigenvalue weighted by Gasteiger charge is 2.24. The molecule has 1 saturated heterocycles. The zero-order chi connectivity index (χ0) is 27.7. The quantitative estimate of drug-likeness (QED) is 0.233. The van der Waals surface area contributed by atoms with Crippen molar-refractivity contribution in [2.75, 3.05) is 51.3 Å². The fraction of sp³-hybridized carbons (Fsp3) is 0.419. The lowest BCUT2D eigenvalue weighted by molar-refractivity contribution is 0.0628. The Morgan fingerprint density at radius 3 is 2.65 bits per heavy atom. The average Bonchev–Trinajstić information content (AvgIpc) is 3.43. The second kappa shape index (κ2) is 13.5. The Hall–Kier alpha value is -3.82. The Bertz CT molecular complexity index is 1380. The highest BCUT2D eigenvalue weighted by Crippen LogP contribution is 2.26. The molecule has 1 aliphatic heterocycles. The van der Waals surface area contributed by atoms with Crippen molar-refractivity contribution in [3.05, 3.63) is 66.6 Å². The summed E-state index contributed by atoms with van der Waals surface area (Å²) in [5.74, 6) is 1.17. The number of carbonyl (C=O) groups excluding carboxylic acids is 1. The highest BCUT2D eigenvalue weighted by atomic mass is 16.5. The number of fused-ring (bicyclic) bond motifs is 1. The molecular weight excluding hydrogens is 502 g/mol. The molecule has 3 aromatic heterocycles. The van der Waals surface area contributed by atoms with Crippen LogP contribution in [0.3, 0.4) is 0 Å². The number of aromatic amines is 1. The zero-order valence-corrected chi connectivity index (χ0v) is 23.5. The molecule has 1 fully saturated rings. The lowest BCUT2D eigenvalue weighted by Crippen LogP contribution is -2.38. The summed E-state index contributed by atoms with van der Waals surface area (Å²) in [7, 11) is 0. The van der Waals surface area contributed by atoms with Gasteiger partial charge in [0, 0.05) is 55.2 Å². The molecule has 9 nitrogen and oxygen atoms in total. The van der Waals surface area contributed by atoms with Crippen LogP contribution in [0, 0.1) is 5.92 Å². The molecule has 1 amide bonds. The van der Waals surface area contributed by atoms with E-state index in [0.717, 1.165) is 93.2 Å². The van der Waals surface area contributed by atoms with Crippen molar-refractivity contribution < 1.29 is 9.53 Å². The van der Waals surface area contributed by atoms with Crippen molar-refractivity contribution >= 4 is 28.4 Å². The fourth-order valence-corrected chi connectivity index (χ4v) is 5.21. The molecule has 1 aromatic carbocycles. The molecule has 4 aromatic rings. The van der Waals surface area contributed by atoms with Crippen molar-refractivity contribution in [3.63, 3.8) is 0 Å². The minimum absolute atomic E-state index is 0.0611. The fourth-order valence-electron chi connectivity index (χ4n) is 5.21. The van der Waals surface area contributed by atoms with Crippen molar-refractivity contribution in [2.45, 2.75) is 33.1 Å². The van der Waals surface area contributed by atoms with E-state index in [1.807, 2.05) is 53.4 Å². The summed E-state index contributed by atoms with van der Waals surface area (Å²) in [4.78, 5) is 34.2. The molecule has 9 heteroatoms. The van der Waals surface area contributed by atoms with E-state index in [1.165, 1.54) is 0 Å². The Balaban J connectivity index is 1.13. The topological polar surface area (TPSA) is 99.3 Å². The molecule has 0 radical (unpaired) electrons. The molecule has 0 saturated carbocycles. The number of hydrogen-bond donors (Lipinski definition) is 2. The summed E-state index contributed by atoms with van der Waals surface area (Å²) in [6.45, 7) is 10.7. The van der Waals surface area contributed by atoms with E-state index >= 15 is 0 Å². The minimum atomic E-state index is 0.0611. The standard InChI is InChI=1S/C31H39N7O2/c1-3-37(4-2)18-20-40-19-13-23-11-16-38(17-12-23)30(39)29-22-24-21-25(8-9-26(24)35-29)34-31-33-15-10-28(36-31)27-7-5-6-14-32-27/h5-10,14-15,21-23,35H,3-4,11-13,16-20H2,1-2H3,(H,33,34,36). The molecule has 5 rings (SSSR count). The summed E-state index contributed by atoms with van der Waals surface area (Å²) >= 11 is 0. The number of amides is 1. The van der Waals surface area contributed by atoms with Gasteiger partial charge in [0.2, 0.25) is 5.95 Å². The maximum absolute atomic E-state index is 13.3. The van der Waals surface area contributed by atoms with Gasteiger partial charge in [0.25, 0.3) is 5.91 Å². The largest absolute Gasteiger partial charge is 0.380 e. The molecule has 1 aliphatic rings. The number of likely N-dealkylation sites (N-methyl/N-ethyl adjacent to an activating group) is 1. The number of carbonyl (C=O) groups is 1. The number of piperidine rings is 1. The third kappa shape index (κ3) is 7.03. The summed E-state index contributed by atoms with van der Waals surface area (Å²) in [6.07, 6.45) is 6.58. The van der Waals surface area contributed by atoms with Crippen LogP contribution in [-0.4, -0.2) is 81.6 Å². The van der Waals surface area contributed by atoms with Gasteiger partial charge in [-0.05, 0) is 80.7 Å². The number of benzene rings is 1. The molecule has 0 spiro atoms. The number of ether oxygens (including phenoxy) is 1. The van der Waals surface area contributed by atoms with Gasteiger partial charge in [0.15, 0.2) is 0 Å². The van der Waals surface area contributed by atoms with Crippen LogP contribution in [0.25, 0.3) is 22.3 Å². The van der Waals surface area contributed by atoms with Crippen LogP contribution in [0.1, 0.15) is 43.6 Å². The van der Waals surface area contributed by atoms with Crippen LogP contribution in [0.4, 0.5) is 11.6 Å². The van der Waals surface area contributed by atoms with E-state index in [1.54, 1.807) is 12.4 Å². The van der Waals surface area contributed by atoms with Crippen molar-refractivity contribution in [1.29, 1.82) is 0 Å². The van der Waals surface area contributed by atoms with Gasteiger partial charge in [-0.25, -0.2) is 9.97 Å². The van der Waals surface area contributed by atoms with Crippen molar-refractivity contribution in [1.82, 2.24) is 29.7 Å². The molecular formula is C31H39N7O2. The summed E-state index contributed by atoms with van der Waals surface area (Å²) in [5, 5.41) is 4.24. The van der Waals surface area contributed by atoms with E-state index in [2.05, 4.69) is 44.0 Å². The molecule has 40 heavy (non-hydrogen) atoms. The first-order valence-electron chi connectivity index (χ1n) is 14.4. The number of likely N-dealkylation sites (tertiary alicyclic amines) is 1. The maximum Gasteiger partial charge on any atom is 0.270 e. The van der Waals surface area contributed by atoms with Gasteiger partial charge >= 0.3 is 0 Å². The Kier molecular flexibility index (Phi) is 9.36. The van der Waals surface area contributed by atoms with Gasteiger partial charge < -0.3 is 24.8 Å². The number of rotatable bonds is 12. The van der Waals surface area contributed by atoms with E-state index < -0.39 is 0 Å². The molecule has 0 aliphatic carbocycles. The smallest absolute Gasteiger partial charge is 0.270 e. The normalized spacial score (nSPS) is 14.2. The Labute approximate surface area is 236 Å². The molecule has 2 N–H and O–H groups in total. The van der Waals surface area contributed by atoms with Crippen molar-refractivity contribution in [2.24, 2.45) is 5.92 Å². The van der Waals surface area contributed by atoms with Crippen LogP contribution in [-0.2, 0) is 4.74 Å². The highest BCUT2D eigenvalue weighted by molar-refractivity contribution is 5.98. The molecule has 0 bridgehead atoms. The first kappa shape index (κ1) is 27.7. The first-order chi connectivity index (χ1) is 19.6. The molecule has 0 atom stereocenters. The van der Waals surface area contributed by atoms with Crippen LogP contribution in [0.15, 0.2) is 60.9 Å². The van der Waals surface area contributed by atoms with E-state index in [9.17, 15) is 4.79 Å². The van der Waals surface area contributed by atoms with E-state index in [-0.39, 0.29) is 5.91 Å². The predicted octanol–water partition coefficient (Wildman–Crippen LogP) is 5.36. The predicted molar refractivity (Wildman–Crippen MR) is 159 cm³/mol. The van der Waals surface area contributed by atoms with Crippen LogP contribution in [0.5, 0.6) is 0 Å². The number of hydrogen-bond acceptors (Lipinski definition) is 7. The van der Waals surface area contributed by atoms with Crippen LogP contribution >= 0.6 is 0 Å². The van der Waals surface area contributed by atoms with Gasteiger partial charge in [0.05, 0.1) is 18.0 Å². The Morgan fingerprint density at radius 2 is 1.88 bits per heavy atom. The van der Waals surface area contributed by atoms with Crippen molar-refractivity contribution in [3.8, 4) is 11.4 Å². The van der Waals surface area contributed by atoms with Crippen LogP contribution in [0.2, 0.25) is 0 Å². The molecule has 4 heterocycles. The number of nitrogens with one attached hydrogen (secondary N) is 2. The second-order valence-electron chi connectivity index (χ2n) is 10.3. The monoisotopic (exact) mass is 541 g/mol. The number of anilines is 2. The zero-order valence-electron chi connectivity index (χ0n) is 23.5. The first-order valence-corrected chi connectivity index (χ1v) is 14.4. The summed E-state index contributed by atoms with van der Waals surface area (Å²) < 4.78 is 5.88. The SMILES string of the molecule is CCN(CC)CCOCCC1CCN(C(=O)c2cc3cc(Nc4nccc(-c5ccccn5)n4)ccc3[nH]2)CC1. The lowest BCUT2D eigenvalue weighted by atomic mass is 9.94. The Morgan fingerprint density at radius 1 is 1.02 bits per heavy atom. The number of aromatic nitrogens is 4. The van der Waals surface area contributed by atoms with Gasteiger partial charge in [-0.1, -0.05) is 19.9 Å². The summed E-state index contributed by atoms with van der Waals surface area (Å²) in [5.41, 5.74) is 3.94. The number of nitrogens with zero attached hydrogens (tertiary/aromatic N) is 5. The van der Waals surface area contributed by atoms with Gasteiger partial charge in [-0.2, -0.15) is 0 Å². The second-order valence-corrected chi connectivity index (χ2v) is 10.3. The van der Waals surface area contributed by atoms with E-state index in [4.69, 9.17) is 4.74 Å². The minimum Gasteiger partial charge on any atom is -0.380 e. The average molecular weight is 542 g/mol. The lowest BCUT2D eigenvalue weighted by Gasteiger charge is -2.31. The maximum atomic E-state index is 13.3. The van der Waals surface area contributed by atoms with Gasteiger partial charge in [0.1, 0.15) is 5.69 Å². The molecule has 0 unspecified atom stereocenters. The summed E-state index contributed by atoms with van der Waals surface area (Å²) in [6, 6.07) is 15.4. The van der Waals surface area contributed by atoms with Crippen LogP contribution < -0.4 is 5.32 Å². The van der Waals surface area contributed by atoms with Gasteiger partial charge in [-0.3, -0.25) is 9.78 Å². The van der Waals surface area contributed by atoms with E-state index in [0.29, 0.717) is 17.6 Å². The number of pyridine rings is 1. The van der Waals surface area contributed by atoms with Gasteiger partial charge in [-0.15, -0.1) is 0 Å². The third-order valence-corrected chi connectivity index (χ3v) is 7.71. The molecule has 210 valence electrons. The third-order valence-electron chi connectivity index (χ3n) is 7.71. The number of H-pyrrole nitrogens is 1.